The van der Waals surface area contributed by atoms with Crippen molar-refractivity contribution in [3.63, 3.8) is 0 Å². The molecule has 0 aliphatic carbocycles. The smallest absolute Gasteiger partial charge is 0.234 e. The average molecular weight is 246 g/mol. The first-order chi connectivity index (χ1) is 6.24. The van der Waals surface area contributed by atoms with Crippen LogP contribution < -0.4 is 5.32 Å². The molecular formula is C9H12BrNO2. The number of nitrogens with one attached hydrogen (secondary N) is 1. The molecule has 1 heterocycles. The molecular weight excluding hydrogens is 234 g/mol. The van der Waals surface area contributed by atoms with E-state index in [0.717, 1.165) is 12.2 Å². The Balaban J connectivity index is 2.31. The molecule has 0 aromatic carbocycles. The Labute approximate surface area is 85.6 Å². The second-order valence-corrected chi connectivity index (χ2v) is 3.78. The van der Waals surface area contributed by atoms with Crippen LogP contribution in [0.4, 0.5) is 0 Å². The van der Waals surface area contributed by atoms with Crippen molar-refractivity contribution in [3.8, 4) is 0 Å². The summed E-state index contributed by atoms with van der Waals surface area (Å²) in [5.41, 5.74) is 0. The van der Waals surface area contributed by atoms with Gasteiger partial charge in [-0.05, 0) is 18.6 Å². The van der Waals surface area contributed by atoms with Crippen molar-refractivity contribution in [1.82, 2.24) is 5.32 Å². The van der Waals surface area contributed by atoms with Gasteiger partial charge in [0.05, 0.1) is 17.6 Å². The monoisotopic (exact) mass is 245 g/mol. The molecule has 1 aromatic rings. The molecule has 0 aliphatic rings. The van der Waals surface area contributed by atoms with E-state index in [9.17, 15) is 4.79 Å². The van der Waals surface area contributed by atoms with Gasteiger partial charge in [0.2, 0.25) is 5.91 Å². The van der Waals surface area contributed by atoms with Gasteiger partial charge in [0.1, 0.15) is 5.76 Å². The molecule has 0 aliphatic heterocycles. The predicted octanol–water partition coefficient (Wildman–Crippen LogP) is 2.07. The second-order valence-electron chi connectivity index (χ2n) is 2.67. The molecule has 72 valence electrons. The summed E-state index contributed by atoms with van der Waals surface area (Å²) in [4.78, 5) is 11.2. The van der Waals surface area contributed by atoms with Gasteiger partial charge in [-0.1, -0.05) is 22.9 Å². The minimum absolute atomic E-state index is 0.00102. The first kappa shape index (κ1) is 10.3. The Morgan fingerprint density at radius 3 is 3.08 bits per heavy atom. The number of halogens is 1. The zero-order chi connectivity index (χ0) is 9.68. The van der Waals surface area contributed by atoms with Gasteiger partial charge in [0.25, 0.3) is 0 Å². The molecule has 1 rings (SSSR count). The van der Waals surface area contributed by atoms with Gasteiger partial charge < -0.3 is 9.73 Å². The number of carbonyl (C=O) groups is 1. The molecule has 1 atom stereocenters. The highest BCUT2D eigenvalue weighted by atomic mass is 79.9. The van der Waals surface area contributed by atoms with E-state index in [0.29, 0.717) is 6.54 Å². The van der Waals surface area contributed by atoms with E-state index in [1.165, 1.54) is 0 Å². The van der Waals surface area contributed by atoms with E-state index in [1.807, 2.05) is 13.0 Å². The molecule has 0 bridgehead atoms. The minimum atomic E-state index is -0.109. The number of hydrogen-bond acceptors (Lipinski definition) is 2. The quantitative estimate of drug-likeness (QED) is 0.826. The summed E-state index contributed by atoms with van der Waals surface area (Å²) in [5, 5.41) is 2.76. The van der Waals surface area contributed by atoms with Gasteiger partial charge >= 0.3 is 0 Å². The van der Waals surface area contributed by atoms with Crippen molar-refractivity contribution in [2.45, 2.75) is 24.7 Å². The Bertz CT molecular complexity index is 259. The third-order valence-electron chi connectivity index (χ3n) is 1.66. The maximum Gasteiger partial charge on any atom is 0.234 e. The number of carbonyl (C=O) groups excluding carboxylic acids is 1. The Morgan fingerprint density at radius 2 is 2.54 bits per heavy atom. The number of hydrogen-bond donors (Lipinski definition) is 1. The SMILES string of the molecule is CCC(Br)C(=O)NCc1ccco1. The van der Waals surface area contributed by atoms with E-state index in [1.54, 1.807) is 12.3 Å². The van der Waals surface area contributed by atoms with E-state index in [4.69, 9.17) is 4.42 Å². The molecule has 1 unspecified atom stereocenters. The van der Waals surface area contributed by atoms with Gasteiger partial charge in [-0.3, -0.25) is 4.79 Å². The van der Waals surface area contributed by atoms with Crippen LogP contribution in [0.15, 0.2) is 22.8 Å². The van der Waals surface area contributed by atoms with Crippen LogP contribution >= 0.6 is 15.9 Å². The highest BCUT2D eigenvalue weighted by Crippen LogP contribution is 2.05. The summed E-state index contributed by atoms with van der Waals surface area (Å²) < 4.78 is 5.07. The van der Waals surface area contributed by atoms with Gasteiger partial charge in [0, 0.05) is 0 Å². The molecule has 1 aromatic heterocycles. The molecule has 13 heavy (non-hydrogen) atoms. The number of amides is 1. The van der Waals surface area contributed by atoms with Crippen LogP contribution in [0.2, 0.25) is 0 Å². The normalized spacial score (nSPS) is 12.5. The molecule has 0 radical (unpaired) electrons. The summed E-state index contributed by atoms with van der Waals surface area (Å²) >= 11 is 3.26. The fourth-order valence-corrected chi connectivity index (χ4v) is 1.05. The first-order valence-corrected chi connectivity index (χ1v) is 5.09. The molecule has 3 nitrogen and oxygen atoms in total. The summed E-state index contributed by atoms with van der Waals surface area (Å²) in [6.07, 6.45) is 2.37. The van der Waals surface area contributed by atoms with Gasteiger partial charge in [-0.2, -0.15) is 0 Å². The Morgan fingerprint density at radius 1 is 1.77 bits per heavy atom. The van der Waals surface area contributed by atoms with Crippen LogP contribution in [0.3, 0.4) is 0 Å². The maximum absolute atomic E-state index is 11.3. The van der Waals surface area contributed by atoms with Gasteiger partial charge in [-0.25, -0.2) is 0 Å². The van der Waals surface area contributed by atoms with Crippen molar-refractivity contribution < 1.29 is 9.21 Å². The topological polar surface area (TPSA) is 42.2 Å². The predicted molar refractivity (Wildman–Crippen MR) is 53.6 cm³/mol. The van der Waals surface area contributed by atoms with Gasteiger partial charge in [0.15, 0.2) is 0 Å². The fourth-order valence-electron chi connectivity index (χ4n) is 0.884. The lowest BCUT2D eigenvalue weighted by atomic mass is 10.3. The summed E-state index contributed by atoms with van der Waals surface area (Å²) in [7, 11) is 0. The lowest BCUT2D eigenvalue weighted by molar-refractivity contribution is -0.120. The molecule has 4 heteroatoms. The maximum atomic E-state index is 11.3. The van der Waals surface area contributed by atoms with Crippen molar-refractivity contribution in [1.29, 1.82) is 0 Å². The summed E-state index contributed by atoms with van der Waals surface area (Å²) in [6.45, 7) is 2.40. The van der Waals surface area contributed by atoms with E-state index in [-0.39, 0.29) is 10.7 Å². The molecule has 0 fully saturated rings. The highest BCUT2D eigenvalue weighted by Gasteiger charge is 2.11. The number of alkyl halides is 1. The fraction of sp³-hybridized carbons (Fsp3) is 0.444. The van der Waals surface area contributed by atoms with Crippen LogP contribution in [-0.2, 0) is 11.3 Å². The zero-order valence-corrected chi connectivity index (χ0v) is 9.00. The van der Waals surface area contributed by atoms with E-state index < -0.39 is 0 Å². The molecule has 1 N–H and O–H groups in total. The van der Waals surface area contributed by atoms with Crippen LogP contribution in [0.5, 0.6) is 0 Å². The molecule has 0 saturated heterocycles. The summed E-state index contributed by atoms with van der Waals surface area (Å²) in [6, 6.07) is 3.63. The molecule has 0 spiro atoms. The van der Waals surface area contributed by atoms with Gasteiger partial charge in [-0.15, -0.1) is 0 Å². The standard InChI is InChI=1S/C9H12BrNO2/c1-2-8(10)9(12)11-6-7-4-3-5-13-7/h3-5,8H,2,6H2,1H3,(H,11,12). The Hall–Kier alpha value is -0.770. The number of rotatable bonds is 4. The third-order valence-corrected chi connectivity index (χ3v) is 2.72. The van der Waals surface area contributed by atoms with Crippen LogP contribution in [-0.4, -0.2) is 10.7 Å². The Kier molecular flexibility index (Phi) is 4.02. The number of furan rings is 1. The van der Waals surface area contributed by atoms with Crippen LogP contribution in [0.25, 0.3) is 0 Å². The summed E-state index contributed by atoms with van der Waals surface area (Å²) in [5.74, 6) is 0.767. The second kappa shape index (κ2) is 5.07. The van der Waals surface area contributed by atoms with Crippen molar-refractivity contribution in [2.75, 3.05) is 0 Å². The largest absolute Gasteiger partial charge is 0.467 e. The zero-order valence-electron chi connectivity index (χ0n) is 7.42. The minimum Gasteiger partial charge on any atom is -0.467 e. The van der Waals surface area contributed by atoms with E-state index >= 15 is 0 Å². The van der Waals surface area contributed by atoms with Crippen molar-refractivity contribution in [3.05, 3.63) is 24.2 Å². The molecule has 0 saturated carbocycles. The lowest BCUT2D eigenvalue weighted by Gasteiger charge is -2.06. The van der Waals surface area contributed by atoms with Crippen molar-refractivity contribution in [2.24, 2.45) is 0 Å². The van der Waals surface area contributed by atoms with Crippen LogP contribution in [0.1, 0.15) is 19.1 Å². The average Bonchev–Trinajstić information content (AvgIpc) is 2.65. The van der Waals surface area contributed by atoms with E-state index in [2.05, 4.69) is 21.2 Å². The van der Waals surface area contributed by atoms with Crippen LogP contribution in [0, 0.1) is 0 Å². The lowest BCUT2D eigenvalue weighted by Crippen LogP contribution is -2.29. The molecule has 1 amide bonds. The highest BCUT2D eigenvalue weighted by molar-refractivity contribution is 9.10. The first-order valence-electron chi connectivity index (χ1n) is 4.18. The van der Waals surface area contributed by atoms with Crippen molar-refractivity contribution >= 4 is 21.8 Å². The third kappa shape index (κ3) is 3.22.